The molecule has 1 aromatic rings. The molecular formula is C17H29N5O2. The van der Waals surface area contributed by atoms with Gasteiger partial charge in [-0.2, -0.15) is 0 Å². The van der Waals surface area contributed by atoms with E-state index in [1.807, 2.05) is 22.7 Å². The minimum absolute atomic E-state index is 0.0122. The van der Waals surface area contributed by atoms with Crippen LogP contribution in [-0.2, 0) is 18.4 Å². The number of carbonyl (C=O) groups excluding carboxylic acids is 2. The van der Waals surface area contributed by atoms with Crippen molar-refractivity contribution >= 4 is 11.9 Å². The van der Waals surface area contributed by atoms with Gasteiger partial charge in [0.05, 0.1) is 6.54 Å². The summed E-state index contributed by atoms with van der Waals surface area (Å²) in [4.78, 5) is 30.3. The van der Waals surface area contributed by atoms with E-state index in [1.54, 1.807) is 6.20 Å². The van der Waals surface area contributed by atoms with Gasteiger partial charge in [0.25, 0.3) is 0 Å². The van der Waals surface area contributed by atoms with E-state index in [0.29, 0.717) is 32.0 Å². The molecule has 0 saturated carbocycles. The molecule has 0 aromatic carbocycles. The number of nitrogens with one attached hydrogen (secondary N) is 2. The molecule has 1 aliphatic rings. The number of nitrogens with zero attached hydrogens (tertiary/aromatic N) is 3. The predicted octanol–water partition coefficient (Wildman–Crippen LogP) is 1.50. The highest BCUT2D eigenvalue weighted by Crippen LogP contribution is 2.19. The lowest BCUT2D eigenvalue weighted by Gasteiger charge is -2.32. The summed E-state index contributed by atoms with van der Waals surface area (Å²) < 4.78 is 1.89. The van der Waals surface area contributed by atoms with Crippen LogP contribution in [0.5, 0.6) is 0 Å². The van der Waals surface area contributed by atoms with E-state index in [-0.39, 0.29) is 17.9 Å². The van der Waals surface area contributed by atoms with Crippen LogP contribution in [-0.4, -0.2) is 46.0 Å². The molecule has 7 heteroatoms. The number of likely N-dealkylation sites (tertiary alicyclic amines) is 1. The van der Waals surface area contributed by atoms with E-state index in [2.05, 4.69) is 29.5 Å². The normalized spacial score (nSPS) is 17.8. The summed E-state index contributed by atoms with van der Waals surface area (Å²) in [7, 11) is 1.91. The van der Waals surface area contributed by atoms with Gasteiger partial charge in [0, 0.05) is 45.5 Å². The Morgan fingerprint density at radius 2 is 2.17 bits per heavy atom. The van der Waals surface area contributed by atoms with Gasteiger partial charge in [-0.15, -0.1) is 0 Å². The number of aromatic nitrogens is 2. The van der Waals surface area contributed by atoms with Crippen LogP contribution in [0.1, 0.15) is 38.9 Å². The molecule has 1 atom stereocenters. The monoisotopic (exact) mass is 335 g/mol. The summed E-state index contributed by atoms with van der Waals surface area (Å²) in [5, 5.41) is 5.87. The minimum atomic E-state index is -0.0122. The number of imidazole rings is 1. The lowest BCUT2D eigenvalue weighted by Crippen LogP contribution is -2.47. The summed E-state index contributed by atoms with van der Waals surface area (Å²) in [6.45, 7) is 6.70. The molecule has 0 aliphatic carbocycles. The minimum Gasteiger partial charge on any atom is -0.349 e. The lowest BCUT2D eigenvalue weighted by atomic mass is 9.94. The Balaban J connectivity index is 1.74. The number of carbonyl (C=O) groups is 2. The summed E-state index contributed by atoms with van der Waals surface area (Å²) in [6.07, 6.45) is 5.97. The molecule has 1 saturated heterocycles. The summed E-state index contributed by atoms with van der Waals surface area (Å²) >= 11 is 0. The molecule has 1 fully saturated rings. The van der Waals surface area contributed by atoms with Crippen LogP contribution in [0.15, 0.2) is 12.4 Å². The molecule has 0 radical (unpaired) electrons. The van der Waals surface area contributed by atoms with Crippen LogP contribution < -0.4 is 10.6 Å². The molecule has 0 bridgehead atoms. The second-order valence-corrected chi connectivity index (χ2v) is 6.97. The molecule has 2 rings (SSSR count). The standard InChI is InChI=1S/C17H29N5O2/c1-13(2)10-20-17(24)22-7-4-5-14(12-22)9-16(23)19-11-15-18-6-8-21(15)3/h6,8,13-14H,4-5,7,9-12H2,1-3H3,(H,19,23)(H,20,24)/t14-/m1/s1. The predicted molar refractivity (Wildman–Crippen MR) is 92.2 cm³/mol. The summed E-state index contributed by atoms with van der Waals surface area (Å²) in [6, 6.07) is -0.0122. The number of piperidine rings is 1. The number of aryl methyl sites for hydroxylation is 1. The fourth-order valence-corrected chi connectivity index (χ4v) is 2.90. The van der Waals surface area contributed by atoms with Crippen molar-refractivity contribution < 1.29 is 9.59 Å². The molecule has 24 heavy (non-hydrogen) atoms. The molecular weight excluding hydrogens is 306 g/mol. The van der Waals surface area contributed by atoms with Crippen molar-refractivity contribution in [2.24, 2.45) is 18.9 Å². The average molecular weight is 335 g/mol. The third-order valence-corrected chi connectivity index (χ3v) is 4.31. The first-order valence-electron chi connectivity index (χ1n) is 8.71. The van der Waals surface area contributed by atoms with Crippen LogP contribution >= 0.6 is 0 Å². The van der Waals surface area contributed by atoms with E-state index in [4.69, 9.17) is 0 Å². The highest BCUT2D eigenvalue weighted by molar-refractivity contribution is 5.77. The van der Waals surface area contributed by atoms with Crippen LogP contribution in [0.25, 0.3) is 0 Å². The van der Waals surface area contributed by atoms with Crippen molar-refractivity contribution in [2.75, 3.05) is 19.6 Å². The van der Waals surface area contributed by atoms with Gasteiger partial charge < -0.3 is 20.1 Å². The quantitative estimate of drug-likeness (QED) is 0.827. The third kappa shape index (κ3) is 5.54. The Bertz CT molecular complexity index is 555. The van der Waals surface area contributed by atoms with Gasteiger partial charge in [-0.1, -0.05) is 13.8 Å². The zero-order chi connectivity index (χ0) is 17.5. The summed E-state index contributed by atoms with van der Waals surface area (Å²) in [5.74, 6) is 1.52. The zero-order valence-corrected chi connectivity index (χ0v) is 14.9. The topological polar surface area (TPSA) is 79.3 Å². The van der Waals surface area contributed by atoms with E-state index >= 15 is 0 Å². The van der Waals surface area contributed by atoms with Crippen LogP contribution in [0.2, 0.25) is 0 Å². The molecule has 134 valence electrons. The van der Waals surface area contributed by atoms with Crippen molar-refractivity contribution in [1.82, 2.24) is 25.1 Å². The van der Waals surface area contributed by atoms with Gasteiger partial charge in [-0.05, 0) is 24.7 Å². The van der Waals surface area contributed by atoms with Gasteiger partial charge in [-0.3, -0.25) is 4.79 Å². The average Bonchev–Trinajstić information content (AvgIpc) is 2.96. The molecule has 3 amide bonds. The van der Waals surface area contributed by atoms with Gasteiger partial charge in [0.1, 0.15) is 5.82 Å². The Morgan fingerprint density at radius 1 is 1.38 bits per heavy atom. The van der Waals surface area contributed by atoms with Crippen molar-refractivity contribution in [1.29, 1.82) is 0 Å². The Labute approximate surface area is 143 Å². The van der Waals surface area contributed by atoms with Crippen molar-refractivity contribution in [2.45, 2.75) is 39.7 Å². The molecule has 1 aromatic heterocycles. The van der Waals surface area contributed by atoms with Crippen LogP contribution in [0, 0.1) is 11.8 Å². The number of hydrogen-bond acceptors (Lipinski definition) is 3. The largest absolute Gasteiger partial charge is 0.349 e. The first-order chi connectivity index (χ1) is 11.5. The number of urea groups is 1. The fraction of sp³-hybridized carbons (Fsp3) is 0.706. The maximum absolute atomic E-state index is 12.2. The summed E-state index contributed by atoms with van der Waals surface area (Å²) in [5.41, 5.74) is 0. The maximum atomic E-state index is 12.2. The molecule has 7 nitrogen and oxygen atoms in total. The fourth-order valence-electron chi connectivity index (χ4n) is 2.90. The maximum Gasteiger partial charge on any atom is 0.317 e. The molecule has 2 N–H and O–H groups in total. The van der Waals surface area contributed by atoms with Gasteiger partial charge in [-0.25, -0.2) is 9.78 Å². The first-order valence-corrected chi connectivity index (χ1v) is 8.71. The molecule has 0 spiro atoms. The van der Waals surface area contributed by atoms with Crippen LogP contribution in [0.3, 0.4) is 0 Å². The van der Waals surface area contributed by atoms with Crippen LogP contribution in [0.4, 0.5) is 4.79 Å². The number of hydrogen-bond donors (Lipinski definition) is 2. The second-order valence-electron chi connectivity index (χ2n) is 6.97. The molecule has 2 heterocycles. The molecule has 1 aliphatic heterocycles. The first kappa shape index (κ1) is 18.3. The van der Waals surface area contributed by atoms with E-state index < -0.39 is 0 Å². The number of rotatable bonds is 6. The third-order valence-electron chi connectivity index (χ3n) is 4.31. The Morgan fingerprint density at radius 3 is 2.83 bits per heavy atom. The molecule has 0 unspecified atom stereocenters. The smallest absolute Gasteiger partial charge is 0.317 e. The lowest BCUT2D eigenvalue weighted by molar-refractivity contribution is -0.122. The van der Waals surface area contributed by atoms with Crippen molar-refractivity contribution in [3.8, 4) is 0 Å². The van der Waals surface area contributed by atoms with E-state index in [1.165, 1.54) is 0 Å². The van der Waals surface area contributed by atoms with Gasteiger partial charge in [0.2, 0.25) is 5.91 Å². The van der Waals surface area contributed by atoms with Gasteiger partial charge in [0.15, 0.2) is 0 Å². The Kier molecular flexibility index (Phi) is 6.63. The van der Waals surface area contributed by atoms with E-state index in [0.717, 1.165) is 25.2 Å². The number of amides is 3. The highest BCUT2D eigenvalue weighted by atomic mass is 16.2. The van der Waals surface area contributed by atoms with Crippen molar-refractivity contribution in [3.05, 3.63) is 18.2 Å². The highest BCUT2D eigenvalue weighted by Gasteiger charge is 2.25. The van der Waals surface area contributed by atoms with E-state index in [9.17, 15) is 9.59 Å². The zero-order valence-electron chi connectivity index (χ0n) is 14.9. The van der Waals surface area contributed by atoms with Crippen molar-refractivity contribution in [3.63, 3.8) is 0 Å². The Hall–Kier alpha value is -2.05. The second kappa shape index (κ2) is 8.70. The van der Waals surface area contributed by atoms with Gasteiger partial charge >= 0.3 is 6.03 Å². The SMILES string of the molecule is CC(C)CNC(=O)N1CCC[C@H](CC(=O)NCc2nccn2C)C1.